The highest BCUT2D eigenvalue weighted by molar-refractivity contribution is 6.14. The number of carbonyl (C=O) groups excluding carboxylic acids is 4. The van der Waals surface area contributed by atoms with Crippen LogP contribution in [0.2, 0.25) is 0 Å². The van der Waals surface area contributed by atoms with Gasteiger partial charge in [-0.15, -0.1) is 0 Å². The van der Waals surface area contributed by atoms with Gasteiger partial charge in [-0.05, 0) is 98.5 Å². The Kier molecular flexibility index (Phi) is 11.2. The minimum absolute atomic E-state index is 0.0746. The Hall–Kier alpha value is -6.24. The molecule has 262 valence electrons. The zero-order valence-corrected chi connectivity index (χ0v) is 29.4. The van der Waals surface area contributed by atoms with Crippen LogP contribution in [0.25, 0.3) is 0 Å². The minimum atomic E-state index is -0.631. The van der Waals surface area contributed by atoms with Gasteiger partial charge in [0.2, 0.25) is 0 Å². The molecule has 0 atom stereocenters. The molecule has 0 saturated heterocycles. The summed E-state index contributed by atoms with van der Waals surface area (Å²) < 4.78 is 27.0. The first kappa shape index (κ1) is 36.6. The molecule has 0 radical (unpaired) electrons. The van der Waals surface area contributed by atoms with E-state index in [1.807, 2.05) is 0 Å². The first-order valence-corrected chi connectivity index (χ1v) is 15.3. The molecule has 0 fully saturated rings. The second-order valence-corrected chi connectivity index (χ2v) is 11.5. The predicted molar refractivity (Wildman–Crippen MR) is 191 cm³/mol. The highest BCUT2D eigenvalue weighted by Gasteiger charge is 2.25. The Labute approximate surface area is 290 Å². The lowest BCUT2D eigenvalue weighted by atomic mass is 10.0. The van der Waals surface area contributed by atoms with Crippen molar-refractivity contribution < 1.29 is 42.9 Å². The number of nitrogen functional groups attached to an aromatic ring is 1. The first-order valence-electron chi connectivity index (χ1n) is 15.3. The summed E-state index contributed by atoms with van der Waals surface area (Å²) in [5.41, 5.74) is 10.3. The van der Waals surface area contributed by atoms with Crippen molar-refractivity contribution in [3.05, 3.63) is 93.0 Å². The predicted octanol–water partition coefficient (Wildman–Crippen LogP) is 6.08. The molecule has 0 unspecified atom stereocenters. The Balaban J connectivity index is 1.70. The fourth-order valence-electron chi connectivity index (χ4n) is 5.62. The van der Waals surface area contributed by atoms with Crippen LogP contribution in [-0.4, -0.2) is 59.2 Å². The Morgan fingerprint density at radius 3 is 1.10 bits per heavy atom. The van der Waals surface area contributed by atoms with Crippen LogP contribution < -0.4 is 40.6 Å². The monoisotopic (exact) mass is 684 g/mol. The molecule has 0 aliphatic rings. The number of nitrogens with two attached hydrogens (primary N) is 1. The molecule has 0 saturated carbocycles. The molecule has 3 amide bonds. The summed E-state index contributed by atoms with van der Waals surface area (Å²) in [5.74, 6) is -1.84. The number of methoxy groups -OCH3 is 5. The molecule has 0 aliphatic carbocycles. The third-order valence-electron chi connectivity index (χ3n) is 7.66. The van der Waals surface area contributed by atoms with E-state index in [9.17, 15) is 19.2 Å². The van der Waals surface area contributed by atoms with E-state index in [1.165, 1.54) is 35.5 Å². The molecule has 0 bridgehead atoms. The lowest BCUT2D eigenvalue weighted by Crippen LogP contribution is -2.19. The molecule has 4 rings (SSSR count). The van der Waals surface area contributed by atoms with Crippen LogP contribution in [0.3, 0.4) is 0 Å². The number of hydrogen-bond acceptors (Lipinski definition) is 10. The quantitative estimate of drug-likeness (QED) is 0.107. The van der Waals surface area contributed by atoms with Gasteiger partial charge in [0, 0.05) is 0 Å². The summed E-state index contributed by atoms with van der Waals surface area (Å²) >= 11 is 0. The molecule has 4 aromatic carbocycles. The Morgan fingerprint density at radius 1 is 0.460 bits per heavy atom. The number of ether oxygens (including phenoxy) is 5. The van der Waals surface area contributed by atoms with E-state index in [-0.39, 0.29) is 62.3 Å². The van der Waals surface area contributed by atoms with Crippen molar-refractivity contribution in [3.8, 4) is 23.0 Å². The number of aryl methyl sites for hydroxylation is 4. The fourth-order valence-corrected chi connectivity index (χ4v) is 5.62. The zero-order valence-electron chi connectivity index (χ0n) is 29.4. The average Bonchev–Trinajstić information content (AvgIpc) is 3.06. The topological polar surface area (TPSA) is 177 Å². The Bertz CT molecular complexity index is 2010. The van der Waals surface area contributed by atoms with E-state index in [2.05, 4.69) is 16.0 Å². The Morgan fingerprint density at radius 2 is 0.760 bits per heavy atom. The molecule has 0 spiro atoms. The van der Waals surface area contributed by atoms with Gasteiger partial charge >= 0.3 is 5.97 Å². The second kappa shape index (κ2) is 15.3. The van der Waals surface area contributed by atoms with Crippen LogP contribution in [0, 0.1) is 27.7 Å². The van der Waals surface area contributed by atoms with Gasteiger partial charge in [-0.3, -0.25) is 14.4 Å². The minimum Gasteiger partial charge on any atom is -0.494 e. The van der Waals surface area contributed by atoms with Crippen molar-refractivity contribution in [2.75, 3.05) is 57.2 Å². The maximum Gasteiger partial charge on any atom is 0.341 e. The lowest BCUT2D eigenvalue weighted by molar-refractivity contribution is 0.0596. The van der Waals surface area contributed by atoms with Gasteiger partial charge in [-0.2, -0.15) is 0 Å². The first-order chi connectivity index (χ1) is 23.8. The highest BCUT2D eigenvalue weighted by atomic mass is 16.5. The molecular weight excluding hydrogens is 644 g/mol. The number of benzene rings is 4. The number of rotatable bonds is 11. The van der Waals surface area contributed by atoms with Gasteiger partial charge in [0.1, 0.15) is 5.56 Å². The SMILES string of the molecule is COC(=O)c1cc(C)cc(NC(=O)c2cc(C)cc(NC(=O)c3cc(C)cc(NC(=O)c4cc(C)cc(N)c4OC)c3OC)c2OC)c1OC. The number of carbonyl (C=O) groups is 4. The standard InChI is InChI=1S/C37H40N4O9/c1-18-10-22(30(46-5)26(38)14-18)34(42)39-27-15-19(2)11-23(31(27)47-6)35(43)40-28-16-20(3)12-24(32(28)48-7)36(44)41-29-17-21(4)13-25(33(29)49-8)37(45)50-9/h10-17H,38H2,1-9H3,(H,39,42)(H,40,43)(H,41,44). The summed E-state index contributed by atoms with van der Waals surface area (Å²) in [6.07, 6.45) is 0. The summed E-state index contributed by atoms with van der Waals surface area (Å²) in [6.45, 7) is 7.07. The van der Waals surface area contributed by atoms with Gasteiger partial charge < -0.3 is 45.4 Å². The number of hydrogen-bond donors (Lipinski definition) is 4. The van der Waals surface area contributed by atoms with E-state index in [0.717, 1.165) is 5.56 Å². The molecular formula is C37H40N4O9. The third kappa shape index (κ3) is 7.57. The average molecular weight is 685 g/mol. The molecule has 4 aromatic rings. The highest BCUT2D eigenvalue weighted by Crippen LogP contribution is 2.37. The molecule has 0 aromatic heterocycles. The van der Waals surface area contributed by atoms with Crippen LogP contribution in [0.1, 0.15) is 63.7 Å². The van der Waals surface area contributed by atoms with Crippen LogP contribution in [0.4, 0.5) is 22.7 Å². The van der Waals surface area contributed by atoms with Crippen LogP contribution in [-0.2, 0) is 4.74 Å². The van der Waals surface area contributed by atoms with Crippen molar-refractivity contribution in [2.24, 2.45) is 0 Å². The number of amides is 3. The van der Waals surface area contributed by atoms with Crippen molar-refractivity contribution in [1.29, 1.82) is 0 Å². The summed E-state index contributed by atoms with van der Waals surface area (Å²) in [6, 6.07) is 13.1. The van der Waals surface area contributed by atoms with E-state index in [1.54, 1.807) is 76.2 Å². The van der Waals surface area contributed by atoms with Crippen LogP contribution in [0.15, 0.2) is 48.5 Å². The van der Waals surface area contributed by atoms with Gasteiger partial charge in [0.15, 0.2) is 23.0 Å². The van der Waals surface area contributed by atoms with Crippen molar-refractivity contribution in [1.82, 2.24) is 0 Å². The zero-order chi connectivity index (χ0) is 36.9. The molecule has 0 aliphatic heterocycles. The molecule has 13 nitrogen and oxygen atoms in total. The number of anilines is 4. The van der Waals surface area contributed by atoms with Crippen molar-refractivity contribution in [2.45, 2.75) is 27.7 Å². The molecule has 50 heavy (non-hydrogen) atoms. The third-order valence-corrected chi connectivity index (χ3v) is 7.66. The van der Waals surface area contributed by atoms with E-state index in [0.29, 0.717) is 22.4 Å². The van der Waals surface area contributed by atoms with Crippen molar-refractivity contribution >= 4 is 46.4 Å². The lowest BCUT2D eigenvalue weighted by Gasteiger charge is -2.19. The van der Waals surface area contributed by atoms with Crippen LogP contribution in [0.5, 0.6) is 23.0 Å². The summed E-state index contributed by atoms with van der Waals surface area (Å²) in [4.78, 5) is 53.5. The van der Waals surface area contributed by atoms with Crippen LogP contribution >= 0.6 is 0 Å². The van der Waals surface area contributed by atoms with Gasteiger partial charge in [-0.1, -0.05) is 0 Å². The maximum atomic E-state index is 13.9. The molecule has 13 heteroatoms. The van der Waals surface area contributed by atoms with Gasteiger partial charge in [-0.25, -0.2) is 4.79 Å². The second-order valence-electron chi connectivity index (χ2n) is 11.5. The van der Waals surface area contributed by atoms with Gasteiger partial charge in [0.05, 0.1) is 75.0 Å². The number of nitrogens with one attached hydrogen (secondary N) is 3. The molecule has 5 N–H and O–H groups in total. The molecule has 0 heterocycles. The van der Waals surface area contributed by atoms with Gasteiger partial charge in [0.25, 0.3) is 17.7 Å². The maximum absolute atomic E-state index is 13.9. The van der Waals surface area contributed by atoms with Crippen molar-refractivity contribution in [3.63, 3.8) is 0 Å². The smallest absolute Gasteiger partial charge is 0.341 e. The van der Waals surface area contributed by atoms with E-state index < -0.39 is 23.7 Å². The normalized spacial score (nSPS) is 10.5. The fraction of sp³-hybridized carbons (Fsp3) is 0.243. The van der Waals surface area contributed by atoms with E-state index >= 15 is 0 Å². The van der Waals surface area contributed by atoms with E-state index in [4.69, 9.17) is 29.4 Å². The largest absolute Gasteiger partial charge is 0.494 e. The summed E-state index contributed by atoms with van der Waals surface area (Å²) in [5, 5.41) is 8.44. The summed E-state index contributed by atoms with van der Waals surface area (Å²) in [7, 11) is 6.79. The number of esters is 1.